The molecule has 3 rings (SSSR count). The molecule has 1 heterocycles. The molecule has 0 saturated carbocycles. The Kier molecular flexibility index (Phi) is 6.40. The van der Waals surface area contributed by atoms with Crippen molar-refractivity contribution in [1.82, 2.24) is 4.90 Å². The zero-order valence-electron chi connectivity index (χ0n) is 17.8. The number of hydrogen-bond donors (Lipinski definition) is 0. The fraction of sp³-hybridized carbons (Fsp3) is 0.280. The molecule has 1 aliphatic heterocycles. The SMILES string of the molecule is CCOC(=O)C1=C(c2ccccc2)C=C(c2ccccc2)N(C(=O)OC(C)(C)C)C1. The van der Waals surface area contributed by atoms with E-state index >= 15 is 0 Å². The molecule has 2 aromatic rings. The van der Waals surface area contributed by atoms with Crippen molar-refractivity contribution >= 4 is 23.3 Å². The number of carbonyl (C=O) groups excluding carboxylic acids is 2. The lowest BCUT2D eigenvalue weighted by molar-refractivity contribution is -0.138. The molecule has 1 amide bonds. The van der Waals surface area contributed by atoms with E-state index < -0.39 is 17.7 Å². The number of nitrogens with zero attached hydrogens (tertiary/aromatic N) is 1. The standard InChI is InChI=1S/C25H27NO4/c1-5-29-23(27)21-17-26(24(28)30-25(2,3)4)22(19-14-10-7-11-15-19)16-20(21)18-12-8-6-9-13-18/h6-16H,5,17H2,1-4H3. The molecular formula is C25H27NO4. The van der Waals surface area contributed by atoms with Crippen molar-refractivity contribution in [2.24, 2.45) is 0 Å². The largest absolute Gasteiger partial charge is 0.463 e. The second kappa shape index (κ2) is 8.99. The van der Waals surface area contributed by atoms with Crippen LogP contribution in [0.15, 0.2) is 72.3 Å². The monoisotopic (exact) mass is 405 g/mol. The summed E-state index contributed by atoms with van der Waals surface area (Å²) < 4.78 is 10.9. The van der Waals surface area contributed by atoms with Crippen LogP contribution in [0.25, 0.3) is 11.3 Å². The molecule has 2 aromatic carbocycles. The molecule has 5 heteroatoms. The summed E-state index contributed by atoms with van der Waals surface area (Å²) in [6.07, 6.45) is 1.36. The number of ether oxygens (including phenoxy) is 2. The van der Waals surface area contributed by atoms with Gasteiger partial charge in [0.05, 0.1) is 24.4 Å². The van der Waals surface area contributed by atoms with E-state index in [1.54, 1.807) is 6.92 Å². The van der Waals surface area contributed by atoms with Crippen LogP contribution < -0.4 is 0 Å². The minimum atomic E-state index is -0.660. The molecule has 0 saturated heterocycles. The van der Waals surface area contributed by atoms with E-state index in [-0.39, 0.29) is 13.2 Å². The Bertz CT molecular complexity index is 969. The van der Waals surface area contributed by atoms with Crippen molar-refractivity contribution in [2.45, 2.75) is 33.3 Å². The Balaban J connectivity index is 2.16. The van der Waals surface area contributed by atoms with Crippen molar-refractivity contribution in [1.29, 1.82) is 0 Å². The van der Waals surface area contributed by atoms with E-state index in [1.165, 1.54) is 4.90 Å². The molecule has 0 unspecified atom stereocenters. The summed E-state index contributed by atoms with van der Waals surface area (Å²) in [5.74, 6) is -0.437. The van der Waals surface area contributed by atoms with Crippen LogP contribution in [0.1, 0.15) is 38.8 Å². The van der Waals surface area contributed by atoms with Crippen LogP contribution in [-0.2, 0) is 14.3 Å². The average Bonchev–Trinajstić information content (AvgIpc) is 2.73. The molecule has 0 bridgehead atoms. The first-order valence-electron chi connectivity index (χ1n) is 10.0. The molecule has 0 aliphatic carbocycles. The second-order valence-corrected chi connectivity index (χ2v) is 7.94. The van der Waals surface area contributed by atoms with Crippen LogP contribution >= 0.6 is 0 Å². The molecule has 0 spiro atoms. The van der Waals surface area contributed by atoms with Gasteiger partial charge in [-0.05, 0) is 50.5 Å². The van der Waals surface area contributed by atoms with Crippen molar-refractivity contribution in [2.75, 3.05) is 13.2 Å². The van der Waals surface area contributed by atoms with E-state index in [4.69, 9.17) is 9.47 Å². The van der Waals surface area contributed by atoms with Gasteiger partial charge < -0.3 is 9.47 Å². The van der Waals surface area contributed by atoms with Crippen molar-refractivity contribution in [3.8, 4) is 0 Å². The lowest BCUT2D eigenvalue weighted by atomic mass is 9.93. The summed E-state index contributed by atoms with van der Waals surface area (Å²) in [7, 11) is 0. The summed E-state index contributed by atoms with van der Waals surface area (Å²) in [5.41, 5.74) is 2.93. The normalized spacial score (nSPS) is 14.3. The third kappa shape index (κ3) is 4.98. The van der Waals surface area contributed by atoms with Crippen LogP contribution in [-0.4, -0.2) is 35.7 Å². The number of hydrogen-bond acceptors (Lipinski definition) is 4. The van der Waals surface area contributed by atoms with Gasteiger partial charge in [-0.25, -0.2) is 9.59 Å². The molecule has 0 aromatic heterocycles. The Morgan fingerprint density at radius 1 is 0.933 bits per heavy atom. The van der Waals surface area contributed by atoms with Crippen molar-refractivity contribution < 1.29 is 19.1 Å². The smallest absolute Gasteiger partial charge is 0.415 e. The summed E-state index contributed by atoms with van der Waals surface area (Å²) in [6.45, 7) is 7.54. The minimum Gasteiger partial charge on any atom is -0.463 e. The molecule has 0 atom stereocenters. The minimum absolute atomic E-state index is 0.0682. The highest BCUT2D eigenvalue weighted by Gasteiger charge is 2.33. The second-order valence-electron chi connectivity index (χ2n) is 7.94. The van der Waals surface area contributed by atoms with Gasteiger partial charge >= 0.3 is 12.1 Å². The molecular weight excluding hydrogens is 378 g/mol. The van der Waals surface area contributed by atoms with E-state index in [0.717, 1.165) is 16.7 Å². The molecule has 30 heavy (non-hydrogen) atoms. The van der Waals surface area contributed by atoms with Gasteiger partial charge in [-0.15, -0.1) is 0 Å². The maximum atomic E-state index is 13.1. The number of rotatable bonds is 4. The number of benzene rings is 2. The summed E-state index contributed by atoms with van der Waals surface area (Å²) in [4.78, 5) is 27.3. The quantitative estimate of drug-likeness (QED) is 0.648. The van der Waals surface area contributed by atoms with E-state index in [2.05, 4.69) is 0 Å². The maximum Gasteiger partial charge on any atom is 0.415 e. The Hall–Kier alpha value is -3.34. The zero-order chi connectivity index (χ0) is 21.7. The molecule has 0 radical (unpaired) electrons. The lowest BCUT2D eigenvalue weighted by Crippen LogP contribution is -2.39. The van der Waals surface area contributed by atoms with Crippen LogP contribution in [0.5, 0.6) is 0 Å². The first-order chi connectivity index (χ1) is 14.3. The van der Waals surface area contributed by atoms with Crippen molar-refractivity contribution in [3.63, 3.8) is 0 Å². The van der Waals surface area contributed by atoms with Gasteiger partial charge in [-0.2, -0.15) is 0 Å². The average molecular weight is 405 g/mol. The predicted octanol–water partition coefficient (Wildman–Crippen LogP) is 5.30. The molecule has 0 N–H and O–H groups in total. The summed E-state index contributed by atoms with van der Waals surface area (Å²) >= 11 is 0. The first kappa shape index (κ1) is 21.4. The Labute approximate surface area is 177 Å². The van der Waals surface area contributed by atoms with E-state index in [1.807, 2.05) is 87.5 Å². The molecule has 156 valence electrons. The van der Waals surface area contributed by atoms with Crippen LogP contribution in [0.4, 0.5) is 4.79 Å². The van der Waals surface area contributed by atoms with E-state index in [9.17, 15) is 9.59 Å². The highest BCUT2D eigenvalue weighted by Crippen LogP contribution is 2.34. The van der Waals surface area contributed by atoms with Gasteiger partial charge in [0, 0.05) is 0 Å². The van der Waals surface area contributed by atoms with Gasteiger partial charge in [0.15, 0.2) is 0 Å². The third-order valence-electron chi connectivity index (χ3n) is 4.50. The molecule has 5 nitrogen and oxygen atoms in total. The predicted molar refractivity (Wildman–Crippen MR) is 117 cm³/mol. The van der Waals surface area contributed by atoms with Crippen LogP contribution in [0, 0.1) is 0 Å². The van der Waals surface area contributed by atoms with Gasteiger partial charge in [-0.3, -0.25) is 4.90 Å². The number of carbonyl (C=O) groups is 2. The maximum absolute atomic E-state index is 13.1. The fourth-order valence-corrected chi connectivity index (χ4v) is 3.23. The number of amides is 1. The van der Waals surface area contributed by atoms with Crippen LogP contribution in [0.3, 0.4) is 0 Å². The van der Waals surface area contributed by atoms with Gasteiger partial charge in [0.2, 0.25) is 0 Å². The fourth-order valence-electron chi connectivity index (χ4n) is 3.23. The van der Waals surface area contributed by atoms with Gasteiger partial charge in [0.25, 0.3) is 0 Å². The molecule has 0 fully saturated rings. The Morgan fingerprint density at radius 2 is 1.50 bits per heavy atom. The zero-order valence-corrected chi connectivity index (χ0v) is 17.8. The lowest BCUT2D eigenvalue weighted by Gasteiger charge is -2.33. The van der Waals surface area contributed by atoms with Crippen LogP contribution in [0.2, 0.25) is 0 Å². The highest BCUT2D eigenvalue weighted by molar-refractivity contribution is 6.05. The third-order valence-corrected chi connectivity index (χ3v) is 4.50. The van der Waals surface area contributed by atoms with Gasteiger partial charge in [-0.1, -0.05) is 60.7 Å². The first-order valence-corrected chi connectivity index (χ1v) is 10.0. The highest BCUT2D eigenvalue weighted by atomic mass is 16.6. The summed E-state index contributed by atoms with van der Waals surface area (Å²) in [5, 5.41) is 0. The molecule has 1 aliphatic rings. The number of esters is 1. The van der Waals surface area contributed by atoms with Gasteiger partial charge in [0.1, 0.15) is 5.60 Å². The topological polar surface area (TPSA) is 55.8 Å². The van der Waals surface area contributed by atoms with E-state index in [0.29, 0.717) is 11.3 Å². The Morgan fingerprint density at radius 3 is 2.03 bits per heavy atom. The van der Waals surface area contributed by atoms with Crippen molar-refractivity contribution in [3.05, 3.63) is 83.4 Å². The summed E-state index contributed by atoms with van der Waals surface area (Å²) in [6, 6.07) is 19.2. The number of allylic oxidation sites excluding steroid dienone is 2.